The Hall–Kier alpha value is -1.32. The van der Waals surface area contributed by atoms with Crippen LogP contribution in [0, 0.1) is 0 Å². The topological polar surface area (TPSA) is 52.6 Å². The number of rotatable bonds is 10. The van der Waals surface area contributed by atoms with E-state index in [-0.39, 0.29) is 0 Å². The summed E-state index contributed by atoms with van der Waals surface area (Å²) in [5.41, 5.74) is 0.974. The molecule has 0 atom stereocenters. The lowest BCUT2D eigenvalue weighted by molar-refractivity contribution is -0.139. The van der Waals surface area contributed by atoms with Crippen molar-refractivity contribution in [3.8, 4) is 0 Å². The van der Waals surface area contributed by atoms with Crippen LogP contribution in [0.5, 0.6) is 0 Å². The van der Waals surface area contributed by atoms with E-state index in [1.807, 2.05) is 6.92 Å². The van der Waals surface area contributed by atoms with Crippen molar-refractivity contribution in [1.29, 1.82) is 0 Å². The maximum absolute atomic E-state index is 11.9. The van der Waals surface area contributed by atoms with Crippen LogP contribution in [-0.4, -0.2) is 26.2 Å². The van der Waals surface area contributed by atoms with E-state index in [9.17, 15) is 9.59 Å². The van der Waals surface area contributed by atoms with E-state index in [1.165, 1.54) is 14.2 Å². The molecule has 0 spiro atoms. The first-order valence-electron chi connectivity index (χ1n) is 7.50. The van der Waals surface area contributed by atoms with Crippen molar-refractivity contribution in [2.45, 2.75) is 65.2 Å². The quantitative estimate of drug-likeness (QED) is 0.348. The monoisotopic (exact) mass is 284 g/mol. The zero-order valence-electron chi connectivity index (χ0n) is 13.3. The summed E-state index contributed by atoms with van der Waals surface area (Å²) >= 11 is 0. The zero-order chi connectivity index (χ0) is 15.4. The second kappa shape index (κ2) is 11.5. The molecular formula is C16H28O4. The number of ether oxygens (including phenoxy) is 2. The van der Waals surface area contributed by atoms with Gasteiger partial charge in [0, 0.05) is 11.1 Å². The van der Waals surface area contributed by atoms with Gasteiger partial charge in [-0.15, -0.1) is 0 Å². The molecule has 0 amide bonds. The molecule has 4 nitrogen and oxygen atoms in total. The largest absolute Gasteiger partial charge is 0.466 e. The minimum absolute atomic E-state index is 0.405. The van der Waals surface area contributed by atoms with Gasteiger partial charge in [-0.25, -0.2) is 9.59 Å². The van der Waals surface area contributed by atoms with Crippen LogP contribution < -0.4 is 0 Å². The van der Waals surface area contributed by atoms with Crippen LogP contribution in [0.2, 0.25) is 0 Å². The molecular weight excluding hydrogens is 256 g/mol. The smallest absolute Gasteiger partial charge is 0.334 e. The van der Waals surface area contributed by atoms with Gasteiger partial charge in [-0.05, 0) is 25.7 Å². The highest BCUT2D eigenvalue weighted by atomic mass is 16.5. The lowest BCUT2D eigenvalue weighted by Crippen LogP contribution is -2.15. The summed E-state index contributed by atoms with van der Waals surface area (Å²) in [6, 6.07) is 0. The van der Waals surface area contributed by atoms with Gasteiger partial charge < -0.3 is 9.47 Å². The standard InChI is InChI=1S/C16H28O4/c1-5-7-9-10-12-14(16(18)20-4)13(11-8-6-2)15(17)19-3/h5-12H2,1-4H3. The predicted molar refractivity (Wildman–Crippen MR) is 79.3 cm³/mol. The Balaban J connectivity index is 5.06. The maximum atomic E-state index is 11.9. The predicted octanol–water partition coefficient (Wildman–Crippen LogP) is 3.79. The highest BCUT2D eigenvalue weighted by Gasteiger charge is 2.21. The van der Waals surface area contributed by atoms with E-state index in [1.54, 1.807) is 0 Å². The molecule has 0 aliphatic rings. The van der Waals surface area contributed by atoms with E-state index < -0.39 is 11.9 Å². The molecule has 4 heteroatoms. The van der Waals surface area contributed by atoms with E-state index in [0.717, 1.165) is 38.5 Å². The molecule has 0 aromatic rings. The first kappa shape index (κ1) is 18.7. The normalized spacial score (nSPS) is 11.8. The molecule has 0 saturated carbocycles. The fourth-order valence-electron chi connectivity index (χ4n) is 2.08. The first-order chi connectivity index (χ1) is 9.62. The summed E-state index contributed by atoms with van der Waals surface area (Å²) in [5.74, 6) is -0.813. The number of hydrogen-bond acceptors (Lipinski definition) is 4. The lowest BCUT2D eigenvalue weighted by Gasteiger charge is -2.12. The van der Waals surface area contributed by atoms with Gasteiger partial charge in [0.1, 0.15) is 0 Å². The van der Waals surface area contributed by atoms with Gasteiger partial charge in [0.2, 0.25) is 0 Å². The molecule has 0 bridgehead atoms. The van der Waals surface area contributed by atoms with E-state index >= 15 is 0 Å². The molecule has 0 rings (SSSR count). The number of carbonyl (C=O) groups is 2. The molecule has 0 heterocycles. The Morgan fingerprint density at radius 3 is 1.55 bits per heavy atom. The van der Waals surface area contributed by atoms with Gasteiger partial charge in [-0.3, -0.25) is 0 Å². The summed E-state index contributed by atoms with van der Waals surface area (Å²) in [4.78, 5) is 23.8. The average Bonchev–Trinajstić information content (AvgIpc) is 2.48. The number of hydrogen-bond donors (Lipinski definition) is 0. The molecule has 0 aliphatic carbocycles. The Labute approximate surface area is 122 Å². The summed E-state index contributed by atoms with van der Waals surface area (Å²) in [5, 5.41) is 0. The Kier molecular flexibility index (Phi) is 10.7. The SMILES string of the molecule is CCCCCCC(C(=O)OC)=C(CCCC)C(=O)OC. The molecule has 0 saturated heterocycles. The highest BCUT2D eigenvalue weighted by molar-refractivity contribution is 6.00. The van der Waals surface area contributed by atoms with Crippen molar-refractivity contribution in [2.75, 3.05) is 14.2 Å². The maximum Gasteiger partial charge on any atom is 0.334 e. The molecule has 0 radical (unpaired) electrons. The molecule has 0 unspecified atom stereocenters. The summed E-state index contributed by atoms with van der Waals surface area (Å²) in [7, 11) is 2.70. The van der Waals surface area contributed by atoms with Crippen LogP contribution >= 0.6 is 0 Å². The van der Waals surface area contributed by atoms with Crippen molar-refractivity contribution in [3.05, 3.63) is 11.1 Å². The molecule has 116 valence electrons. The second-order valence-electron chi connectivity index (χ2n) is 4.85. The molecule has 0 N–H and O–H groups in total. The van der Waals surface area contributed by atoms with E-state index in [0.29, 0.717) is 24.0 Å². The van der Waals surface area contributed by atoms with Gasteiger partial charge >= 0.3 is 11.9 Å². The van der Waals surface area contributed by atoms with E-state index in [4.69, 9.17) is 9.47 Å². The van der Waals surface area contributed by atoms with Gasteiger partial charge in [0.25, 0.3) is 0 Å². The zero-order valence-corrected chi connectivity index (χ0v) is 13.3. The molecule has 0 aliphatic heterocycles. The molecule has 0 fully saturated rings. The minimum atomic E-state index is -0.408. The van der Waals surface area contributed by atoms with Crippen LogP contribution in [0.3, 0.4) is 0 Å². The van der Waals surface area contributed by atoms with E-state index in [2.05, 4.69) is 6.92 Å². The third-order valence-corrected chi connectivity index (χ3v) is 3.29. The van der Waals surface area contributed by atoms with Crippen LogP contribution in [0.15, 0.2) is 11.1 Å². The Morgan fingerprint density at radius 2 is 1.15 bits per heavy atom. The lowest BCUT2D eigenvalue weighted by atomic mass is 9.97. The van der Waals surface area contributed by atoms with Crippen LogP contribution in [0.4, 0.5) is 0 Å². The second-order valence-corrected chi connectivity index (χ2v) is 4.85. The highest BCUT2D eigenvalue weighted by Crippen LogP contribution is 2.21. The molecule has 0 aromatic carbocycles. The van der Waals surface area contributed by atoms with Crippen molar-refractivity contribution in [3.63, 3.8) is 0 Å². The van der Waals surface area contributed by atoms with Gasteiger partial charge in [0.05, 0.1) is 14.2 Å². The third kappa shape index (κ3) is 6.73. The Morgan fingerprint density at radius 1 is 0.700 bits per heavy atom. The first-order valence-corrected chi connectivity index (χ1v) is 7.50. The van der Waals surface area contributed by atoms with Crippen LogP contribution in [0.1, 0.15) is 65.2 Å². The van der Waals surface area contributed by atoms with Gasteiger partial charge in [0.15, 0.2) is 0 Å². The number of esters is 2. The molecule has 0 aromatic heterocycles. The van der Waals surface area contributed by atoms with Crippen molar-refractivity contribution < 1.29 is 19.1 Å². The summed E-state index contributed by atoms with van der Waals surface area (Å²) in [6.45, 7) is 4.19. The molecule has 20 heavy (non-hydrogen) atoms. The number of carbonyl (C=O) groups excluding carboxylic acids is 2. The fourth-order valence-corrected chi connectivity index (χ4v) is 2.08. The summed E-state index contributed by atoms with van der Waals surface area (Å²) in [6.07, 6.45) is 7.20. The van der Waals surface area contributed by atoms with Crippen molar-refractivity contribution >= 4 is 11.9 Å². The minimum Gasteiger partial charge on any atom is -0.466 e. The number of methoxy groups -OCH3 is 2. The van der Waals surface area contributed by atoms with Crippen LogP contribution in [-0.2, 0) is 19.1 Å². The fraction of sp³-hybridized carbons (Fsp3) is 0.750. The third-order valence-electron chi connectivity index (χ3n) is 3.29. The Bertz CT molecular complexity index is 331. The van der Waals surface area contributed by atoms with Crippen LogP contribution in [0.25, 0.3) is 0 Å². The summed E-state index contributed by atoms with van der Waals surface area (Å²) < 4.78 is 9.63. The van der Waals surface area contributed by atoms with Crippen molar-refractivity contribution in [1.82, 2.24) is 0 Å². The van der Waals surface area contributed by atoms with Crippen molar-refractivity contribution in [2.24, 2.45) is 0 Å². The average molecular weight is 284 g/mol. The van der Waals surface area contributed by atoms with Gasteiger partial charge in [-0.1, -0.05) is 39.5 Å². The van der Waals surface area contributed by atoms with Gasteiger partial charge in [-0.2, -0.15) is 0 Å². The number of unbranched alkanes of at least 4 members (excludes halogenated alkanes) is 4.